The van der Waals surface area contributed by atoms with Crippen LogP contribution in [0.25, 0.3) is 0 Å². The zero-order chi connectivity index (χ0) is 19.0. The lowest BCUT2D eigenvalue weighted by atomic mass is 10.1. The van der Waals surface area contributed by atoms with E-state index in [1.54, 1.807) is 0 Å². The molecule has 2 rings (SSSR count). The molecular formula is C17H25F3N4O2. The Hall–Kier alpha value is -2.03. The predicted octanol–water partition coefficient (Wildman–Crippen LogP) is 2.41. The number of guanidine groups is 1. The van der Waals surface area contributed by atoms with Gasteiger partial charge in [0, 0.05) is 44.9 Å². The predicted molar refractivity (Wildman–Crippen MR) is 92.3 cm³/mol. The second kappa shape index (κ2) is 9.61. The minimum Gasteiger partial charge on any atom is -0.476 e. The molecule has 146 valence electrons. The number of hydrogen-bond acceptors (Lipinski definition) is 4. The fourth-order valence-electron chi connectivity index (χ4n) is 2.61. The van der Waals surface area contributed by atoms with Gasteiger partial charge in [0.05, 0.1) is 18.7 Å². The van der Waals surface area contributed by atoms with Crippen LogP contribution >= 0.6 is 0 Å². The fourth-order valence-corrected chi connectivity index (χ4v) is 2.61. The minimum absolute atomic E-state index is 0.148. The number of ether oxygens (including phenoxy) is 2. The molecule has 0 bridgehead atoms. The van der Waals surface area contributed by atoms with E-state index in [9.17, 15) is 13.2 Å². The van der Waals surface area contributed by atoms with E-state index < -0.39 is 11.7 Å². The molecule has 0 aliphatic carbocycles. The molecule has 0 amide bonds. The molecule has 1 aromatic rings. The van der Waals surface area contributed by atoms with Crippen molar-refractivity contribution in [3.8, 4) is 5.88 Å². The van der Waals surface area contributed by atoms with Gasteiger partial charge in [-0.3, -0.25) is 0 Å². The summed E-state index contributed by atoms with van der Waals surface area (Å²) in [4.78, 5) is 10.2. The maximum atomic E-state index is 12.5. The average molecular weight is 374 g/mol. The zero-order valence-electron chi connectivity index (χ0n) is 15.1. The first-order valence-corrected chi connectivity index (χ1v) is 8.63. The number of hydrogen-bond donors (Lipinski definition) is 1. The highest BCUT2D eigenvalue weighted by Gasteiger charge is 2.30. The summed E-state index contributed by atoms with van der Waals surface area (Å²) in [7, 11) is 1.97. The monoisotopic (exact) mass is 374 g/mol. The maximum Gasteiger partial charge on any atom is 0.417 e. The van der Waals surface area contributed by atoms with Crippen LogP contribution in [0.5, 0.6) is 5.88 Å². The molecule has 0 saturated carbocycles. The molecule has 1 fully saturated rings. The van der Waals surface area contributed by atoms with Crippen molar-refractivity contribution < 1.29 is 22.6 Å². The van der Waals surface area contributed by atoms with E-state index in [1.807, 2.05) is 14.0 Å². The summed E-state index contributed by atoms with van der Waals surface area (Å²) in [6, 6.07) is 2.16. The highest BCUT2D eigenvalue weighted by molar-refractivity contribution is 5.79. The van der Waals surface area contributed by atoms with E-state index in [2.05, 4.69) is 20.2 Å². The maximum absolute atomic E-state index is 12.5. The summed E-state index contributed by atoms with van der Waals surface area (Å²) in [5.74, 6) is 1.41. The first kappa shape index (κ1) is 20.3. The second-order valence-electron chi connectivity index (χ2n) is 6.08. The molecule has 1 saturated heterocycles. The van der Waals surface area contributed by atoms with E-state index in [0.29, 0.717) is 12.5 Å². The largest absolute Gasteiger partial charge is 0.476 e. The van der Waals surface area contributed by atoms with Crippen molar-refractivity contribution in [1.82, 2.24) is 15.2 Å². The summed E-state index contributed by atoms with van der Waals surface area (Å²) in [5.41, 5.74) is -0.796. The van der Waals surface area contributed by atoms with Crippen molar-refractivity contribution in [2.24, 2.45) is 10.9 Å². The van der Waals surface area contributed by atoms with Gasteiger partial charge in [0.25, 0.3) is 0 Å². The smallest absolute Gasteiger partial charge is 0.417 e. The summed E-state index contributed by atoms with van der Waals surface area (Å²) in [5, 5.41) is 3.22. The SMILES string of the molecule is CCNC(=NCCOc1ccc(C(F)(F)F)cn1)N(C)CC1CCOC1. The van der Waals surface area contributed by atoms with Crippen LogP contribution in [-0.2, 0) is 10.9 Å². The Bertz CT molecular complexity index is 572. The molecule has 1 aliphatic rings. The number of rotatable bonds is 7. The molecule has 9 heteroatoms. The Morgan fingerprint density at radius 1 is 1.46 bits per heavy atom. The van der Waals surface area contributed by atoms with E-state index >= 15 is 0 Å². The van der Waals surface area contributed by atoms with Crippen LogP contribution in [0.15, 0.2) is 23.3 Å². The molecule has 0 spiro atoms. The van der Waals surface area contributed by atoms with Gasteiger partial charge < -0.3 is 19.7 Å². The normalized spacial score (nSPS) is 18.0. The molecule has 1 unspecified atom stereocenters. The minimum atomic E-state index is -4.40. The molecular weight excluding hydrogens is 349 g/mol. The van der Waals surface area contributed by atoms with Gasteiger partial charge in [-0.2, -0.15) is 13.2 Å². The number of nitrogens with one attached hydrogen (secondary N) is 1. The van der Waals surface area contributed by atoms with Gasteiger partial charge in [-0.25, -0.2) is 9.98 Å². The molecule has 2 heterocycles. The van der Waals surface area contributed by atoms with Gasteiger partial charge >= 0.3 is 6.18 Å². The van der Waals surface area contributed by atoms with E-state index in [1.165, 1.54) is 6.07 Å². The van der Waals surface area contributed by atoms with Crippen molar-refractivity contribution in [2.75, 3.05) is 46.5 Å². The summed E-state index contributed by atoms with van der Waals surface area (Å²) in [6.45, 7) is 5.76. The first-order valence-electron chi connectivity index (χ1n) is 8.63. The zero-order valence-corrected chi connectivity index (χ0v) is 15.1. The van der Waals surface area contributed by atoms with Crippen molar-refractivity contribution in [3.05, 3.63) is 23.9 Å². The Morgan fingerprint density at radius 3 is 2.85 bits per heavy atom. The Labute approximate surface area is 151 Å². The van der Waals surface area contributed by atoms with E-state index in [-0.39, 0.29) is 12.5 Å². The first-order chi connectivity index (χ1) is 12.4. The molecule has 26 heavy (non-hydrogen) atoms. The second-order valence-corrected chi connectivity index (χ2v) is 6.08. The fraction of sp³-hybridized carbons (Fsp3) is 0.647. The van der Waals surface area contributed by atoms with Crippen LogP contribution in [0.2, 0.25) is 0 Å². The molecule has 0 aromatic carbocycles. The molecule has 1 N–H and O–H groups in total. The quantitative estimate of drug-likeness (QED) is 0.451. The molecule has 1 atom stereocenters. The van der Waals surface area contributed by atoms with Crippen LogP contribution in [0, 0.1) is 5.92 Å². The van der Waals surface area contributed by atoms with Crippen LogP contribution < -0.4 is 10.1 Å². The number of aliphatic imine (C=N–C) groups is 1. The Kier molecular flexibility index (Phi) is 7.50. The average Bonchev–Trinajstić information content (AvgIpc) is 3.10. The van der Waals surface area contributed by atoms with Gasteiger partial charge in [0.15, 0.2) is 5.96 Å². The van der Waals surface area contributed by atoms with Crippen molar-refractivity contribution >= 4 is 5.96 Å². The molecule has 6 nitrogen and oxygen atoms in total. The van der Waals surface area contributed by atoms with Crippen molar-refractivity contribution in [3.63, 3.8) is 0 Å². The summed E-state index contributed by atoms with van der Waals surface area (Å²) >= 11 is 0. The number of aromatic nitrogens is 1. The Morgan fingerprint density at radius 2 is 2.27 bits per heavy atom. The lowest BCUT2D eigenvalue weighted by Gasteiger charge is -2.24. The van der Waals surface area contributed by atoms with Gasteiger partial charge in [-0.15, -0.1) is 0 Å². The van der Waals surface area contributed by atoms with E-state index in [0.717, 1.165) is 50.9 Å². The highest BCUT2D eigenvalue weighted by atomic mass is 19.4. The van der Waals surface area contributed by atoms with Gasteiger partial charge in [0.2, 0.25) is 5.88 Å². The van der Waals surface area contributed by atoms with Crippen LogP contribution in [0.1, 0.15) is 18.9 Å². The highest BCUT2D eigenvalue weighted by Crippen LogP contribution is 2.29. The van der Waals surface area contributed by atoms with Gasteiger partial charge in [0.1, 0.15) is 6.61 Å². The lowest BCUT2D eigenvalue weighted by Crippen LogP contribution is -2.41. The van der Waals surface area contributed by atoms with Crippen LogP contribution in [-0.4, -0.2) is 62.3 Å². The Balaban J connectivity index is 1.81. The van der Waals surface area contributed by atoms with Gasteiger partial charge in [-0.05, 0) is 19.4 Å². The lowest BCUT2D eigenvalue weighted by molar-refractivity contribution is -0.137. The third-order valence-corrected chi connectivity index (χ3v) is 3.92. The third-order valence-electron chi connectivity index (χ3n) is 3.92. The van der Waals surface area contributed by atoms with Crippen molar-refractivity contribution in [1.29, 1.82) is 0 Å². The summed E-state index contributed by atoms with van der Waals surface area (Å²) < 4.78 is 48.2. The summed E-state index contributed by atoms with van der Waals surface area (Å²) in [6.07, 6.45) is -2.59. The number of halogens is 3. The molecule has 1 aromatic heterocycles. The molecule has 0 radical (unpaired) electrons. The van der Waals surface area contributed by atoms with E-state index in [4.69, 9.17) is 9.47 Å². The number of pyridine rings is 1. The van der Waals surface area contributed by atoms with Crippen LogP contribution in [0.4, 0.5) is 13.2 Å². The standard InChI is InChI=1S/C17H25F3N4O2/c1-3-21-16(24(2)11-13-6-8-25-12-13)22-7-9-26-15-5-4-14(10-23-15)17(18,19)20/h4-5,10,13H,3,6-9,11-12H2,1-2H3,(H,21,22). The van der Waals surface area contributed by atoms with Crippen LogP contribution in [0.3, 0.4) is 0 Å². The van der Waals surface area contributed by atoms with Crippen molar-refractivity contribution in [2.45, 2.75) is 19.5 Å². The molecule has 1 aliphatic heterocycles. The number of alkyl halides is 3. The van der Waals surface area contributed by atoms with Gasteiger partial charge in [-0.1, -0.05) is 0 Å². The third kappa shape index (κ3) is 6.36. The number of nitrogens with zero attached hydrogens (tertiary/aromatic N) is 3. The topological polar surface area (TPSA) is 59.0 Å².